The number of nitrogens with one attached hydrogen (secondary N) is 1. The topological polar surface area (TPSA) is 107 Å². The number of imidazole rings is 2. The van der Waals surface area contributed by atoms with E-state index in [0.29, 0.717) is 17.0 Å². The van der Waals surface area contributed by atoms with Gasteiger partial charge in [0.25, 0.3) is 0 Å². The molecule has 5 rings (SSSR count). The van der Waals surface area contributed by atoms with Crippen LogP contribution in [0.3, 0.4) is 0 Å². The standard InChI is InChI=1S/C25H29N5O2S/c1-16(2)33(31,32)30-21-15-19(13-14-20(21)27-25(30)26)23-22(17-9-5-3-6-10-17)28-24(29-23)18-11-7-4-8-12-18/h3,5-6,9-10,13-16,18H,4,7-8,11-12H2,1-2H3,(H2,26,27)(H,28,29). The van der Waals surface area contributed by atoms with Gasteiger partial charge < -0.3 is 10.7 Å². The smallest absolute Gasteiger partial charge is 0.244 e. The van der Waals surface area contributed by atoms with Crippen molar-refractivity contribution in [3.05, 3.63) is 54.4 Å². The van der Waals surface area contributed by atoms with Crippen molar-refractivity contribution < 1.29 is 8.42 Å². The molecule has 4 aromatic rings. The van der Waals surface area contributed by atoms with Crippen molar-refractivity contribution in [3.8, 4) is 22.5 Å². The van der Waals surface area contributed by atoms with Crippen molar-refractivity contribution >= 4 is 27.0 Å². The van der Waals surface area contributed by atoms with Gasteiger partial charge in [0.15, 0.2) is 0 Å². The van der Waals surface area contributed by atoms with E-state index in [0.717, 1.165) is 45.2 Å². The second kappa shape index (κ2) is 8.33. The lowest BCUT2D eigenvalue weighted by Gasteiger charge is -2.19. The number of nitrogens with two attached hydrogens (primary N) is 1. The van der Waals surface area contributed by atoms with Crippen LogP contribution in [0.15, 0.2) is 48.5 Å². The zero-order valence-corrected chi connectivity index (χ0v) is 19.8. The van der Waals surface area contributed by atoms with Gasteiger partial charge in [-0.2, -0.15) is 0 Å². The molecule has 1 fully saturated rings. The summed E-state index contributed by atoms with van der Waals surface area (Å²) in [6.45, 7) is 3.28. The Morgan fingerprint density at radius 2 is 1.73 bits per heavy atom. The fourth-order valence-corrected chi connectivity index (χ4v) is 5.83. The van der Waals surface area contributed by atoms with Crippen LogP contribution < -0.4 is 5.73 Å². The van der Waals surface area contributed by atoms with Crippen LogP contribution in [0.1, 0.15) is 57.7 Å². The molecule has 33 heavy (non-hydrogen) atoms. The third kappa shape index (κ3) is 3.82. The van der Waals surface area contributed by atoms with Gasteiger partial charge in [0, 0.05) is 17.0 Å². The van der Waals surface area contributed by atoms with Gasteiger partial charge in [0.1, 0.15) is 5.82 Å². The van der Waals surface area contributed by atoms with Crippen LogP contribution in [0.4, 0.5) is 5.95 Å². The average molecular weight is 464 g/mol. The highest BCUT2D eigenvalue weighted by atomic mass is 32.2. The zero-order chi connectivity index (χ0) is 23.2. The van der Waals surface area contributed by atoms with E-state index in [4.69, 9.17) is 10.7 Å². The first-order valence-corrected chi connectivity index (χ1v) is 13.0. The van der Waals surface area contributed by atoms with Gasteiger partial charge in [-0.25, -0.2) is 22.4 Å². The Balaban J connectivity index is 1.70. The molecule has 0 saturated heterocycles. The number of hydrogen-bond acceptors (Lipinski definition) is 5. The summed E-state index contributed by atoms with van der Waals surface area (Å²) in [5.41, 5.74) is 10.7. The highest BCUT2D eigenvalue weighted by Crippen LogP contribution is 2.37. The van der Waals surface area contributed by atoms with E-state index in [1.165, 1.54) is 19.3 Å². The number of rotatable bonds is 5. The van der Waals surface area contributed by atoms with Crippen molar-refractivity contribution in [1.82, 2.24) is 18.9 Å². The molecule has 0 unspecified atom stereocenters. The Kier molecular flexibility index (Phi) is 5.48. The van der Waals surface area contributed by atoms with Crippen LogP contribution in [0, 0.1) is 0 Å². The average Bonchev–Trinajstić information content (AvgIpc) is 3.41. The number of anilines is 1. The summed E-state index contributed by atoms with van der Waals surface area (Å²) in [6.07, 6.45) is 5.99. The lowest BCUT2D eigenvalue weighted by atomic mass is 9.89. The SMILES string of the molecule is CC(C)S(=O)(=O)n1c(N)nc2ccc(-c3nc(C4CCCCC4)[nH]c3-c3ccccc3)cc21. The third-order valence-corrected chi connectivity index (χ3v) is 8.62. The summed E-state index contributed by atoms with van der Waals surface area (Å²) in [4.78, 5) is 13.0. The van der Waals surface area contributed by atoms with E-state index in [9.17, 15) is 8.42 Å². The Hall–Kier alpha value is -3.13. The van der Waals surface area contributed by atoms with Crippen LogP contribution in [0.25, 0.3) is 33.5 Å². The van der Waals surface area contributed by atoms with Gasteiger partial charge in [-0.15, -0.1) is 0 Å². The van der Waals surface area contributed by atoms with Crippen molar-refractivity contribution in [1.29, 1.82) is 0 Å². The minimum atomic E-state index is -3.66. The fourth-order valence-electron chi connectivity index (χ4n) is 4.68. The van der Waals surface area contributed by atoms with E-state index in [1.54, 1.807) is 13.8 Å². The molecule has 1 aliphatic carbocycles. The Labute approximate surface area is 194 Å². The molecule has 2 aromatic carbocycles. The highest BCUT2D eigenvalue weighted by Gasteiger charge is 2.26. The molecule has 7 nitrogen and oxygen atoms in total. The number of aromatic amines is 1. The number of hydrogen-bond donors (Lipinski definition) is 2. The van der Waals surface area contributed by atoms with Crippen LogP contribution in [0.5, 0.6) is 0 Å². The van der Waals surface area contributed by atoms with Gasteiger partial charge in [0.2, 0.25) is 16.0 Å². The molecule has 3 N–H and O–H groups in total. The molecule has 1 aliphatic rings. The predicted octanol–water partition coefficient (Wildman–Crippen LogP) is 5.31. The first-order valence-electron chi connectivity index (χ1n) is 11.5. The summed E-state index contributed by atoms with van der Waals surface area (Å²) in [6, 6.07) is 15.7. The number of aromatic nitrogens is 4. The normalized spacial score (nSPS) is 15.5. The molecule has 8 heteroatoms. The van der Waals surface area contributed by atoms with Crippen molar-refractivity contribution in [2.75, 3.05) is 5.73 Å². The second-order valence-corrected chi connectivity index (χ2v) is 11.4. The molecule has 0 amide bonds. The number of benzene rings is 2. The fraction of sp³-hybridized carbons (Fsp3) is 0.360. The largest absolute Gasteiger partial charge is 0.368 e. The number of nitrogens with zero attached hydrogens (tertiary/aromatic N) is 3. The van der Waals surface area contributed by atoms with Crippen molar-refractivity contribution in [2.45, 2.75) is 57.1 Å². The Morgan fingerprint density at radius 3 is 2.42 bits per heavy atom. The molecule has 0 aliphatic heterocycles. The Bertz CT molecular complexity index is 1400. The summed E-state index contributed by atoms with van der Waals surface area (Å²) >= 11 is 0. The molecule has 2 heterocycles. The van der Waals surface area contributed by atoms with E-state index < -0.39 is 15.3 Å². The van der Waals surface area contributed by atoms with Gasteiger partial charge in [-0.3, -0.25) is 0 Å². The van der Waals surface area contributed by atoms with E-state index in [1.807, 2.05) is 36.4 Å². The monoisotopic (exact) mass is 463 g/mol. The maximum absolute atomic E-state index is 13.0. The van der Waals surface area contributed by atoms with Gasteiger partial charge in [-0.1, -0.05) is 55.7 Å². The van der Waals surface area contributed by atoms with Gasteiger partial charge in [0.05, 0.1) is 27.7 Å². The third-order valence-electron chi connectivity index (χ3n) is 6.54. The van der Waals surface area contributed by atoms with Crippen LogP contribution >= 0.6 is 0 Å². The van der Waals surface area contributed by atoms with Crippen molar-refractivity contribution in [2.24, 2.45) is 0 Å². The van der Waals surface area contributed by atoms with Gasteiger partial charge >= 0.3 is 0 Å². The maximum atomic E-state index is 13.0. The van der Waals surface area contributed by atoms with Crippen molar-refractivity contribution in [3.63, 3.8) is 0 Å². The highest BCUT2D eigenvalue weighted by molar-refractivity contribution is 7.90. The zero-order valence-electron chi connectivity index (χ0n) is 19.0. The van der Waals surface area contributed by atoms with Gasteiger partial charge in [-0.05, 0) is 38.8 Å². The molecule has 2 aromatic heterocycles. The summed E-state index contributed by atoms with van der Waals surface area (Å²) < 4.78 is 27.2. The van der Waals surface area contributed by atoms with Crippen LogP contribution in [-0.2, 0) is 10.0 Å². The molecule has 0 spiro atoms. The maximum Gasteiger partial charge on any atom is 0.244 e. The van der Waals surface area contributed by atoms with E-state index >= 15 is 0 Å². The van der Waals surface area contributed by atoms with Crippen LogP contribution in [-0.4, -0.2) is 32.6 Å². The molecule has 1 saturated carbocycles. The first-order chi connectivity index (χ1) is 15.9. The summed E-state index contributed by atoms with van der Waals surface area (Å²) in [7, 11) is -3.66. The summed E-state index contributed by atoms with van der Waals surface area (Å²) in [5.74, 6) is 1.40. The Morgan fingerprint density at radius 1 is 1.00 bits per heavy atom. The van der Waals surface area contributed by atoms with E-state index in [2.05, 4.69) is 22.1 Å². The first kappa shape index (κ1) is 21.7. The van der Waals surface area contributed by atoms with E-state index in [-0.39, 0.29) is 5.95 Å². The minimum absolute atomic E-state index is 0.0240. The molecule has 0 atom stereocenters. The van der Waals surface area contributed by atoms with Crippen LogP contribution in [0.2, 0.25) is 0 Å². The lowest BCUT2D eigenvalue weighted by molar-refractivity contribution is 0.431. The number of H-pyrrole nitrogens is 1. The summed E-state index contributed by atoms with van der Waals surface area (Å²) in [5, 5.41) is -0.621. The lowest BCUT2D eigenvalue weighted by Crippen LogP contribution is -2.23. The molecular weight excluding hydrogens is 434 g/mol. The molecule has 172 valence electrons. The number of fused-ring (bicyclic) bond motifs is 1. The second-order valence-electron chi connectivity index (χ2n) is 9.08. The number of nitrogen functional groups attached to an aromatic ring is 1. The quantitative estimate of drug-likeness (QED) is 0.417. The molecular formula is C25H29N5O2S. The minimum Gasteiger partial charge on any atom is -0.368 e. The molecule has 0 radical (unpaired) electrons. The molecule has 0 bridgehead atoms. The predicted molar refractivity (Wildman–Crippen MR) is 132 cm³/mol.